The third-order valence-corrected chi connectivity index (χ3v) is 2.12. The van der Waals surface area contributed by atoms with Crippen LogP contribution in [-0.2, 0) is 6.42 Å². The number of rotatable bonds is 1. The second kappa shape index (κ2) is 2.24. The van der Waals surface area contributed by atoms with Crippen molar-refractivity contribution in [3.05, 3.63) is 29.3 Å². The van der Waals surface area contributed by atoms with E-state index >= 15 is 0 Å². The molecule has 58 valence electrons. The van der Waals surface area contributed by atoms with Crippen molar-refractivity contribution in [3.8, 4) is 5.75 Å². The fourth-order valence-corrected chi connectivity index (χ4v) is 1.40. The first-order chi connectivity index (χ1) is 5.31. The molecule has 0 aliphatic heterocycles. The minimum absolute atomic E-state index is 0.240. The van der Waals surface area contributed by atoms with Gasteiger partial charge in [0, 0.05) is 6.42 Å². The maximum atomic E-state index is 9.22. The summed E-state index contributed by atoms with van der Waals surface area (Å²) in [5, 5.41) is 9.22. The largest absolute Gasteiger partial charge is 0.497 e. The molecule has 0 heterocycles. The second-order valence-corrected chi connectivity index (χ2v) is 2.78. The molecule has 1 aliphatic carbocycles. The molecule has 0 saturated heterocycles. The van der Waals surface area contributed by atoms with Crippen LogP contribution < -0.4 is 4.74 Å². The van der Waals surface area contributed by atoms with Crippen LogP contribution in [0.15, 0.2) is 18.2 Å². The average Bonchev–Trinajstić information content (AvgIpc) is 2.02. The Bertz CT molecular complexity index is 281. The Morgan fingerprint density at radius 3 is 2.91 bits per heavy atom. The maximum Gasteiger partial charge on any atom is 0.119 e. The van der Waals surface area contributed by atoms with Crippen molar-refractivity contribution < 1.29 is 9.84 Å². The van der Waals surface area contributed by atoms with E-state index < -0.39 is 0 Å². The number of hydrogen-bond donors (Lipinski definition) is 1. The average molecular weight is 150 g/mol. The Balaban J connectivity index is 2.38. The van der Waals surface area contributed by atoms with Gasteiger partial charge in [-0.25, -0.2) is 0 Å². The molecule has 2 rings (SSSR count). The number of hydrogen-bond acceptors (Lipinski definition) is 2. The summed E-state index contributed by atoms with van der Waals surface area (Å²) in [6.07, 6.45) is 0.530. The van der Waals surface area contributed by atoms with E-state index in [1.165, 1.54) is 5.56 Å². The predicted octanol–water partition coefficient (Wildman–Crippen LogP) is 1.28. The van der Waals surface area contributed by atoms with Crippen LogP contribution in [0.1, 0.15) is 17.2 Å². The molecule has 0 amide bonds. The zero-order chi connectivity index (χ0) is 7.84. The summed E-state index contributed by atoms with van der Waals surface area (Å²) in [4.78, 5) is 0. The molecular formula is C9H10O2. The summed E-state index contributed by atoms with van der Waals surface area (Å²) < 4.78 is 5.04. The molecule has 1 N–H and O–H groups in total. The molecule has 0 bridgehead atoms. The molecule has 0 aromatic heterocycles. The molecule has 2 nitrogen and oxygen atoms in total. The lowest BCUT2D eigenvalue weighted by atomic mass is 9.85. The van der Waals surface area contributed by atoms with Crippen LogP contribution in [0, 0.1) is 0 Å². The molecule has 11 heavy (non-hydrogen) atoms. The van der Waals surface area contributed by atoms with Crippen molar-refractivity contribution in [1.82, 2.24) is 0 Å². The Morgan fingerprint density at radius 1 is 1.55 bits per heavy atom. The lowest BCUT2D eigenvalue weighted by molar-refractivity contribution is 0.153. The van der Waals surface area contributed by atoms with Crippen LogP contribution in [0.5, 0.6) is 5.75 Å². The third kappa shape index (κ3) is 0.906. The molecule has 1 aromatic rings. The number of aliphatic hydroxyl groups excluding tert-OH is 1. The Hall–Kier alpha value is -1.02. The monoisotopic (exact) mass is 150 g/mol. The second-order valence-electron chi connectivity index (χ2n) is 2.78. The van der Waals surface area contributed by atoms with Gasteiger partial charge in [-0.3, -0.25) is 0 Å². The maximum absolute atomic E-state index is 9.22. The van der Waals surface area contributed by atoms with Gasteiger partial charge in [0.15, 0.2) is 0 Å². The first-order valence-corrected chi connectivity index (χ1v) is 3.66. The van der Waals surface area contributed by atoms with Crippen LogP contribution in [0.25, 0.3) is 0 Å². The number of fused-ring (bicyclic) bond motifs is 1. The normalized spacial score (nSPS) is 20.4. The highest BCUT2D eigenvalue weighted by molar-refractivity contribution is 5.43. The zero-order valence-electron chi connectivity index (χ0n) is 6.37. The fraction of sp³-hybridized carbons (Fsp3) is 0.333. The summed E-state index contributed by atoms with van der Waals surface area (Å²) in [7, 11) is 1.65. The Morgan fingerprint density at radius 2 is 2.36 bits per heavy atom. The SMILES string of the molecule is COc1ccc2c(c1)CC2O. The van der Waals surface area contributed by atoms with Crippen LogP contribution in [0.2, 0.25) is 0 Å². The fourth-order valence-electron chi connectivity index (χ4n) is 1.40. The molecule has 0 fully saturated rings. The zero-order valence-corrected chi connectivity index (χ0v) is 6.37. The van der Waals surface area contributed by atoms with Gasteiger partial charge in [0.2, 0.25) is 0 Å². The number of benzene rings is 1. The smallest absolute Gasteiger partial charge is 0.119 e. The van der Waals surface area contributed by atoms with Crippen molar-refractivity contribution in [3.63, 3.8) is 0 Å². The minimum atomic E-state index is -0.240. The summed E-state index contributed by atoms with van der Waals surface area (Å²) >= 11 is 0. The van der Waals surface area contributed by atoms with Gasteiger partial charge in [-0.05, 0) is 23.3 Å². The van der Waals surface area contributed by atoms with E-state index in [-0.39, 0.29) is 6.10 Å². The molecule has 1 aromatic carbocycles. The molecule has 2 heteroatoms. The predicted molar refractivity (Wildman–Crippen MR) is 41.7 cm³/mol. The first kappa shape index (κ1) is 6.68. The van der Waals surface area contributed by atoms with E-state index in [4.69, 9.17) is 4.74 Å². The van der Waals surface area contributed by atoms with Gasteiger partial charge in [0.05, 0.1) is 13.2 Å². The lowest BCUT2D eigenvalue weighted by Gasteiger charge is -2.25. The summed E-state index contributed by atoms with van der Waals surface area (Å²) in [5.41, 5.74) is 2.25. The lowest BCUT2D eigenvalue weighted by Crippen LogP contribution is -2.15. The standard InChI is InChI=1S/C9H10O2/c1-11-7-2-3-8-6(4-7)5-9(8)10/h2-4,9-10H,5H2,1H3. The first-order valence-electron chi connectivity index (χ1n) is 3.66. The number of methoxy groups -OCH3 is 1. The van der Waals surface area contributed by atoms with E-state index in [0.29, 0.717) is 0 Å². The minimum Gasteiger partial charge on any atom is -0.497 e. The number of aliphatic hydroxyl groups is 1. The van der Waals surface area contributed by atoms with Gasteiger partial charge < -0.3 is 9.84 Å². The van der Waals surface area contributed by atoms with Crippen molar-refractivity contribution in [2.75, 3.05) is 7.11 Å². The van der Waals surface area contributed by atoms with Gasteiger partial charge in [-0.2, -0.15) is 0 Å². The molecular weight excluding hydrogens is 140 g/mol. The van der Waals surface area contributed by atoms with E-state index in [2.05, 4.69) is 0 Å². The molecule has 1 aliphatic rings. The van der Waals surface area contributed by atoms with Gasteiger partial charge in [0.25, 0.3) is 0 Å². The Labute approximate surface area is 65.4 Å². The van der Waals surface area contributed by atoms with Crippen LogP contribution >= 0.6 is 0 Å². The highest BCUT2D eigenvalue weighted by Crippen LogP contribution is 2.34. The topological polar surface area (TPSA) is 29.5 Å². The highest BCUT2D eigenvalue weighted by Gasteiger charge is 2.23. The van der Waals surface area contributed by atoms with E-state index in [1.807, 2.05) is 18.2 Å². The molecule has 1 unspecified atom stereocenters. The van der Waals surface area contributed by atoms with Crippen molar-refractivity contribution >= 4 is 0 Å². The van der Waals surface area contributed by atoms with Gasteiger partial charge in [-0.1, -0.05) is 6.07 Å². The van der Waals surface area contributed by atoms with Crippen molar-refractivity contribution in [2.45, 2.75) is 12.5 Å². The van der Waals surface area contributed by atoms with Crippen LogP contribution in [0.4, 0.5) is 0 Å². The summed E-state index contributed by atoms with van der Waals surface area (Å²) in [5.74, 6) is 0.871. The summed E-state index contributed by atoms with van der Waals surface area (Å²) in [6.45, 7) is 0. The quantitative estimate of drug-likeness (QED) is 0.653. The molecule has 1 atom stereocenters. The summed E-state index contributed by atoms with van der Waals surface area (Å²) in [6, 6.07) is 5.77. The van der Waals surface area contributed by atoms with Crippen LogP contribution in [0.3, 0.4) is 0 Å². The van der Waals surface area contributed by atoms with Crippen molar-refractivity contribution in [1.29, 1.82) is 0 Å². The van der Waals surface area contributed by atoms with E-state index in [9.17, 15) is 5.11 Å². The molecule has 0 radical (unpaired) electrons. The molecule has 0 saturated carbocycles. The van der Waals surface area contributed by atoms with Crippen LogP contribution in [-0.4, -0.2) is 12.2 Å². The third-order valence-electron chi connectivity index (χ3n) is 2.12. The Kier molecular flexibility index (Phi) is 1.36. The van der Waals surface area contributed by atoms with Crippen molar-refractivity contribution in [2.24, 2.45) is 0 Å². The molecule has 0 spiro atoms. The van der Waals surface area contributed by atoms with E-state index in [1.54, 1.807) is 7.11 Å². The van der Waals surface area contributed by atoms with Gasteiger partial charge in [0.1, 0.15) is 5.75 Å². The van der Waals surface area contributed by atoms with Gasteiger partial charge in [-0.15, -0.1) is 0 Å². The highest BCUT2D eigenvalue weighted by atomic mass is 16.5. The number of ether oxygens (including phenoxy) is 1. The van der Waals surface area contributed by atoms with Gasteiger partial charge >= 0.3 is 0 Å². The van der Waals surface area contributed by atoms with E-state index in [0.717, 1.165) is 17.7 Å².